The summed E-state index contributed by atoms with van der Waals surface area (Å²) in [6.45, 7) is 6.88. The van der Waals surface area contributed by atoms with Crippen molar-refractivity contribution >= 4 is 0 Å². The van der Waals surface area contributed by atoms with Gasteiger partial charge >= 0.3 is 0 Å². The van der Waals surface area contributed by atoms with Crippen LogP contribution in [0.2, 0.25) is 0 Å². The minimum absolute atomic E-state index is 0.294. The van der Waals surface area contributed by atoms with Gasteiger partial charge in [0, 0.05) is 12.1 Å². The SMILES string of the molecule is CCCn1nc(-c2ccc(C)cc2)c(O)c1C. The number of aromatic hydroxyl groups is 1. The van der Waals surface area contributed by atoms with E-state index in [-0.39, 0.29) is 0 Å². The highest BCUT2D eigenvalue weighted by Gasteiger charge is 2.14. The molecule has 0 saturated heterocycles. The summed E-state index contributed by atoms with van der Waals surface area (Å²) in [5.41, 5.74) is 3.68. The topological polar surface area (TPSA) is 38.0 Å². The molecule has 0 aliphatic rings. The molecule has 0 unspecified atom stereocenters. The highest BCUT2D eigenvalue weighted by Crippen LogP contribution is 2.31. The molecule has 2 aromatic rings. The minimum Gasteiger partial charge on any atom is -0.504 e. The molecule has 0 aliphatic heterocycles. The first-order valence-electron chi connectivity index (χ1n) is 5.97. The summed E-state index contributed by atoms with van der Waals surface area (Å²) in [7, 11) is 0. The van der Waals surface area contributed by atoms with Gasteiger partial charge in [-0.3, -0.25) is 4.68 Å². The van der Waals surface area contributed by atoms with Crippen molar-refractivity contribution in [2.75, 3.05) is 0 Å². The molecule has 0 atom stereocenters. The van der Waals surface area contributed by atoms with Crippen molar-refractivity contribution in [1.82, 2.24) is 9.78 Å². The van der Waals surface area contributed by atoms with Crippen molar-refractivity contribution in [2.45, 2.75) is 33.7 Å². The van der Waals surface area contributed by atoms with E-state index in [0.717, 1.165) is 24.2 Å². The number of aryl methyl sites for hydroxylation is 2. The Hall–Kier alpha value is -1.77. The van der Waals surface area contributed by atoms with E-state index in [1.165, 1.54) is 5.56 Å². The molecule has 3 heteroatoms. The van der Waals surface area contributed by atoms with Crippen LogP contribution in [0.1, 0.15) is 24.6 Å². The van der Waals surface area contributed by atoms with E-state index in [1.807, 2.05) is 42.8 Å². The lowest BCUT2D eigenvalue weighted by Crippen LogP contribution is -2.00. The smallest absolute Gasteiger partial charge is 0.164 e. The Labute approximate surface area is 102 Å². The Morgan fingerprint density at radius 3 is 2.41 bits per heavy atom. The quantitative estimate of drug-likeness (QED) is 0.878. The fraction of sp³-hybridized carbons (Fsp3) is 0.357. The Morgan fingerprint density at radius 2 is 1.82 bits per heavy atom. The monoisotopic (exact) mass is 230 g/mol. The van der Waals surface area contributed by atoms with Crippen molar-refractivity contribution in [3.63, 3.8) is 0 Å². The molecule has 0 bridgehead atoms. The van der Waals surface area contributed by atoms with Crippen LogP contribution in [-0.2, 0) is 6.54 Å². The molecular weight excluding hydrogens is 212 g/mol. The van der Waals surface area contributed by atoms with Crippen molar-refractivity contribution in [3.8, 4) is 17.0 Å². The summed E-state index contributed by atoms with van der Waals surface area (Å²) in [5, 5.41) is 14.6. The van der Waals surface area contributed by atoms with Gasteiger partial charge in [0.15, 0.2) is 5.75 Å². The molecule has 3 nitrogen and oxygen atoms in total. The number of hydrogen-bond acceptors (Lipinski definition) is 2. The van der Waals surface area contributed by atoms with Crippen molar-refractivity contribution in [1.29, 1.82) is 0 Å². The fourth-order valence-corrected chi connectivity index (χ4v) is 1.87. The lowest BCUT2D eigenvalue weighted by molar-refractivity contribution is 0.468. The van der Waals surface area contributed by atoms with Gasteiger partial charge in [0.05, 0.1) is 5.69 Å². The normalized spacial score (nSPS) is 10.8. The zero-order chi connectivity index (χ0) is 12.4. The highest BCUT2D eigenvalue weighted by molar-refractivity contribution is 5.67. The Morgan fingerprint density at radius 1 is 1.18 bits per heavy atom. The third kappa shape index (κ3) is 2.18. The average molecular weight is 230 g/mol. The highest BCUT2D eigenvalue weighted by atomic mass is 16.3. The summed E-state index contributed by atoms with van der Waals surface area (Å²) in [4.78, 5) is 0. The van der Waals surface area contributed by atoms with Crippen LogP contribution in [0.4, 0.5) is 0 Å². The van der Waals surface area contributed by atoms with Crippen LogP contribution in [0.25, 0.3) is 11.3 Å². The predicted molar refractivity (Wildman–Crippen MR) is 69.1 cm³/mol. The molecule has 90 valence electrons. The summed E-state index contributed by atoms with van der Waals surface area (Å²) in [5.74, 6) is 0.294. The van der Waals surface area contributed by atoms with Gasteiger partial charge < -0.3 is 5.11 Å². The lowest BCUT2D eigenvalue weighted by Gasteiger charge is -1.99. The first-order chi connectivity index (χ1) is 8.13. The van der Waals surface area contributed by atoms with E-state index in [0.29, 0.717) is 11.4 Å². The van der Waals surface area contributed by atoms with Gasteiger partial charge in [-0.2, -0.15) is 5.10 Å². The molecule has 0 fully saturated rings. The summed E-state index contributed by atoms with van der Waals surface area (Å²) in [6.07, 6.45) is 1.01. The van der Waals surface area contributed by atoms with Gasteiger partial charge in [-0.25, -0.2) is 0 Å². The van der Waals surface area contributed by atoms with E-state index in [4.69, 9.17) is 0 Å². The molecule has 0 amide bonds. The maximum atomic E-state index is 10.1. The minimum atomic E-state index is 0.294. The van der Waals surface area contributed by atoms with Crippen molar-refractivity contribution < 1.29 is 5.11 Å². The molecule has 2 rings (SSSR count). The molecule has 17 heavy (non-hydrogen) atoms. The largest absolute Gasteiger partial charge is 0.504 e. The van der Waals surface area contributed by atoms with E-state index in [1.54, 1.807) is 0 Å². The van der Waals surface area contributed by atoms with Gasteiger partial charge in [0.25, 0.3) is 0 Å². The number of benzene rings is 1. The number of nitrogens with zero attached hydrogens (tertiary/aromatic N) is 2. The number of aromatic nitrogens is 2. The van der Waals surface area contributed by atoms with Crippen LogP contribution in [0.15, 0.2) is 24.3 Å². The van der Waals surface area contributed by atoms with Crippen LogP contribution >= 0.6 is 0 Å². The molecule has 1 N–H and O–H groups in total. The molecule has 0 saturated carbocycles. The summed E-state index contributed by atoms with van der Waals surface area (Å²) >= 11 is 0. The van der Waals surface area contributed by atoms with Crippen molar-refractivity contribution in [3.05, 3.63) is 35.5 Å². The molecule has 0 spiro atoms. The van der Waals surface area contributed by atoms with Gasteiger partial charge in [-0.15, -0.1) is 0 Å². The Bertz CT molecular complexity index is 512. The van der Waals surface area contributed by atoms with Crippen LogP contribution in [0, 0.1) is 13.8 Å². The zero-order valence-electron chi connectivity index (χ0n) is 10.6. The van der Waals surface area contributed by atoms with E-state index in [9.17, 15) is 5.11 Å². The first-order valence-corrected chi connectivity index (χ1v) is 5.97. The van der Waals surface area contributed by atoms with Crippen LogP contribution in [0.3, 0.4) is 0 Å². The van der Waals surface area contributed by atoms with Gasteiger partial charge in [0.2, 0.25) is 0 Å². The molecule has 0 radical (unpaired) electrons. The van der Waals surface area contributed by atoms with E-state index in [2.05, 4.69) is 12.0 Å². The molecule has 0 aliphatic carbocycles. The Balaban J connectivity index is 2.45. The standard InChI is InChI=1S/C14H18N2O/c1-4-9-16-11(3)14(17)13(15-16)12-7-5-10(2)6-8-12/h5-8,17H,4,9H2,1-3H3. The van der Waals surface area contributed by atoms with Crippen LogP contribution < -0.4 is 0 Å². The maximum Gasteiger partial charge on any atom is 0.164 e. The van der Waals surface area contributed by atoms with E-state index >= 15 is 0 Å². The van der Waals surface area contributed by atoms with Crippen molar-refractivity contribution in [2.24, 2.45) is 0 Å². The van der Waals surface area contributed by atoms with Crippen LogP contribution in [0.5, 0.6) is 5.75 Å². The van der Waals surface area contributed by atoms with E-state index < -0.39 is 0 Å². The second kappa shape index (κ2) is 4.62. The molecule has 1 aromatic heterocycles. The van der Waals surface area contributed by atoms with Gasteiger partial charge in [0.1, 0.15) is 5.69 Å². The molecular formula is C14H18N2O. The van der Waals surface area contributed by atoms with Gasteiger partial charge in [-0.1, -0.05) is 36.8 Å². The third-order valence-electron chi connectivity index (χ3n) is 2.94. The summed E-state index contributed by atoms with van der Waals surface area (Å²) in [6, 6.07) is 8.05. The Kier molecular flexibility index (Phi) is 3.18. The van der Waals surface area contributed by atoms with Gasteiger partial charge in [-0.05, 0) is 20.3 Å². The first kappa shape index (κ1) is 11.7. The lowest BCUT2D eigenvalue weighted by atomic mass is 10.1. The van der Waals surface area contributed by atoms with Crippen LogP contribution in [-0.4, -0.2) is 14.9 Å². The third-order valence-corrected chi connectivity index (χ3v) is 2.94. The second-order valence-corrected chi connectivity index (χ2v) is 4.37. The number of hydrogen-bond donors (Lipinski definition) is 1. The number of rotatable bonds is 3. The second-order valence-electron chi connectivity index (χ2n) is 4.37. The predicted octanol–water partition coefficient (Wildman–Crippen LogP) is 3.28. The zero-order valence-corrected chi connectivity index (χ0v) is 10.6. The maximum absolute atomic E-state index is 10.1. The summed E-state index contributed by atoms with van der Waals surface area (Å²) < 4.78 is 1.87. The molecule has 1 heterocycles. The molecule has 1 aromatic carbocycles. The average Bonchev–Trinajstić information content (AvgIpc) is 2.59. The fourth-order valence-electron chi connectivity index (χ4n) is 1.87.